The van der Waals surface area contributed by atoms with Gasteiger partial charge in [-0.25, -0.2) is 9.97 Å². The van der Waals surface area contributed by atoms with Crippen LogP contribution in [0.5, 0.6) is 0 Å². The van der Waals surface area contributed by atoms with Gasteiger partial charge in [0.1, 0.15) is 5.82 Å². The summed E-state index contributed by atoms with van der Waals surface area (Å²) in [6.07, 6.45) is 8.18. The van der Waals surface area contributed by atoms with E-state index in [9.17, 15) is 9.59 Å². The summed E-state index contributed by atoms with van der Waals surface area (Å²) in [7, 11) is 0. The zero-order chi connectivity index (χ0) is 19.7. The topological polar surface area (TPSA) is 84.0 Å². The number of carbonyl (C=O) groups is 2. The molecule has 1 aromatic heterocycles. The van der Waals surface area contributed by atoms with Gasteiger partial charge in [0.2, 0.25) is 11.8 Å². The molecule has 1 atom stereocenters. The minimum atomic E-state index is -0.0791. The summed E-state index contributed by atoms with van der Waals surface area (Å²) in [6.45, 7) is 4.11. The Morgan fingerprint density at radius 3 is 2.57 bits per heavy atom. The van der Waals surface area contributed by atoms with Gasteiger partial charge in [0.15, 0.2) is 0 Å². The summed E-state index contributed by atoms with van der Waals surface area (Å²) in [5.74, 6) is 1.13. The third-order valence-corrected chi connectivity index (χ3v) is 5.70. The maximum absolute atomic E-state index is 12.4. The Labute approximate surface area is 165 Å². The quantitative estimate of drug-likeness (QED) is 0.835. The van der Waals surface area contributed by atoms with Crippen molar-refractivity contribution in [2.24, 2.45) is 5.92 Å². The van der Waals surface area contributed by atoms with Crippen LogP contribution in [-0.4, -0.2) is 21.8 Å². The Morgan fingerprint density at radius 2 is 1.89 bits per heavy atom. The Kier molecular flexibility index (Phi) is 5.11. The number of benzene rings is 1. The molecule has 0 bridgehead atoms. The molecule has 0 spiro atoms. The number of amides is 2. The molecule has 2 amide bonds. The first-order chi connectivity index (χ1) is 13.5. The lowest BCUT2D eigenvalue weighted by molar-refractivity contribution is -0.119. The van der Waals surface area contributed by atoms with Crippen LogP contribution in [0.1, 0.15) is 74.7 Å². The number of aromatic nitrogens is 2. The Bertz CT molecular complexity index is 886. The standard InChI is InChI=1S/C22H26N4O2/c1-13(2)21-23-11-15(12-24-21)18-10-20(27)26-19-9-16(7-8-17(18)19)25-22(28)14-5-3-4-6-14/h7-9,11-14,18H,3-6,10H2,1-2H3,(H,25,28)(H,26,27). The highest BCUT2D eigenvalue weighted by Gasteiger charge is 2.28. The van der Waals surface area contributed by atoms with E-state index in [1.807, 2.05) is 30.6 Å². The molecule has 2 aliphatic rings. The highest BCUT2D eigenvalue weighted by Crippen LogP contribution is 2.38. The van der Waals surface area contributed by atoms with Gasteiger partial charge >= 0.3 is 0 Å². The molecule has 1 fully saturated rings. The molecule has 0 radical (unpaired) electrons. The SMILES string of the molecule is CC(C)c1ncc(C2CC(=O)Nc3cc(NC(=O)C4CCCC4)ccc32)cn1. The average Bonchev–Trinajstić information content (AvgIpc) is 3.22. The van der Waals surface area contributed by atoms with Gasteiger partial charge in [0.05, 0.1) is 0 Å². The molecule has 0 saturated heterocycles. The van der Waals surface area contributed by atoms with Gasteiger partial charge in [-0.15, -0.1) is 0 Å². The fourth-order valence-electron chi connectivity index (χ4n) is 4.10. The second kappa shape index (κ2) is 7.70. The van der Waals surface area contributed by atoms with Crippen molar-refractivity contribution in [2.75, 3.05) is 10.6 Å². The van der Waals surface area contributed by atoms with Gasteiger partial charge in [-0.2, -0.15) is 0 Å². The number of hydrogen-bond acceptors (Lipinski definition) is 4. The predicted molar refractivity (Wildman–Crippen MR) is 108 cm³/mol. The van der Waals surface area contributed by atoms with E-state index < -0.39 is 0 Å². The molecule has 6 nitrogen and oxygen atoms in total. The first-order valence-corrected chi connectivity index (χ1v) is 10.1. The van der Waals surface area contributed by atoms with Crippen LogP contribution in [0.4, 0.5) is 11.4 Å². The van der Waals surface area contributed by atoms with E-state index in [-0.39, 0.29) is 29.6 Å². The second-order valence-corrected chi connectivity index (χ2v) is 8.11. The lowest BCUT2D eigenvalue weighted by Gasteiger charge is -2.26. The van der Waals surface area contributed by atoms with Crippen molar-refractivity contribution in [3.63, 3.8) is 0 Å². The molecule has 4 rings (SSSR count). The third kappa shape index (κ3) is 3.77. The number of carbonyl (C=O) groups excluding carboxylic acids is 2. The van der Waals surface area contributed by atoms with Crippen molar-refractivity contribution in [1.29, 1.82) is 0 Å². The number of nitrogens with one attached hydrogen (secondary N) is 2. The van der Waals surface area contributed by atoms with Gasteiger partial charge in [-0.3, -0.25) is 9.59 Å². The smallest absolute Gasteiger partial charge is 0.227 e. The lowest BCUT2D eigenvalue weighted by atomic mass is 9.86. The third-order valence-electron chi connectivity index (χ3n) is 5.70. The van der Waals surface area contributed by atoms with Crippen LogP contribution in [0.25, 0.3) is 0 Å². The minimum absolute atomic E-state index is 0.0373. The van der Waals surface area contributed by atoms with Crippen molar-refractivity contribution in [3.8, 4) is 0 Å². The molecule has 1 aromatic carbocycles. The van der Waals surface area contributed by atoms with Gasteiger partial charge in [-0.05, 0) is 36.1 Å². The van der Waals surface area contributed by atoms with Crippen molar-refractivity contribution in [3.05, 3.63) is 47.5 Å². The molecular formula is C22H26N4O2. The molecule has 146 valence electrons. The van der Waals surface area contributed by atoms with Crippen molar-refractivity contribution in [1.82, 2.24) is 9.97 Å². The lowest BCUT2D eigenvalue weighted by Crippen LogP contribution is -2.25. The molecule has 2 aromatic rings. The maximum Gasteiger partial charge on any atom is 0.227 e. The van der Waals surface area contributed by atoms with Crippen molar-refractivity contribution >= 4 is 23.2 Å². The zero-order valence-corrected chi connectivity index (χ0v) is 16.4. The number of hydrogen-bond donors (Lipinski definition) is 2. The largest absolute Gasteiger partial charge is 0.326 e. The summed E-state index contributed by atoms with van der Waals surface area (Å²) < 4.78 is 0. The summed E-state index contributed by atoms with van der Waals surface area (Å²) in [4.78, 5) is 33.6. The number of rotatable bonds is 4. The van der Waals surface area contributed by atoms with Crippen molar-refractivity contribution < 1.29 is 9.59 Å². The highest BCUT2D eigenvalue weighted by molar-refractivity contribution is 5.98. The molecule has 6 heteroatoms. The molecule has 2 N–H and O–H groups in total. The van der Waals surface area contributed by atoms with E-state index in [1.54, 1.807) is 0 Å². The normalized spacial score (nSPS) is 19.4. The number of anilines is 2. The van der Waals surface area contributed by atoms with Gasteiger partial charge in [-0.1, -0.05) is 32.8 Å². The van der Waals surface area contributed by atoms with Crippen molar-refractivity contribution in [2.45, 2.75) is 57.8 Å². The van der Waals surface area contributed by atoms with Crippen LogP contribution in [0.3, 0.4) is 0 Å². The van der Waals surface area contributed by atoms with Crippen LogP contribution in [0.15, 0.2) is 30.6 Å². The number of fused-ring (bicyclic) bond motifs is 1. The first kappa shape index (κ1) is 18.6. The van der Waals surface area contributed by atoms with E-state index in [2.05, 4.69) is 34.4 Å². The fraction of sp³-hybridized carbons (Fsp3) is 0.455. The first-order valence-electron chi connectivity index (χ1n) is 10.1. The predicted octanol–water partition coefficient (Wildman–Crippen LogP) is 4.20. The van der Waals surface area contributed by atoms with Crippen LogP contribution < -0.4 is 10.6 Å². The van der Waals surface area contributed by atoms with E-state index in [4.69, 9.17) is 0 Å². The van der Waals surface area contributed by atoms with Gasteiger partial charge in [0, 0.05) is 47.9 Å². The summed E-state index contributed by atoms with van der Waals surface area (Å²) in [6, 6.07) is 5.76. The number of nitrogens with zero attached hydrogens (tertiary/aromatic N) is 2. The Hall–Kier alpha value is -2.76. The Morgan fingerprint density at radius 1 is 1.18 bits per heavy atom. The molecule has 28 heavy (non-hydrogen) atoms. The second-order valence-electron chi connectivity index (χ2n) is 8.11. The molecular weight excluding hydrogens is 352 g/mol. The Balaban J connectivity index is 1.58. The monoisotopic (exact) mass is 378 g/mol. The van der Waals surface area contributed by atoms with Gasteiger partial charge < -0.3 is 10.6 Å². The van der Waals surface area contributed by atoms with E-state index in [0.717, 1.165) is 54.0 Å². The van der Waals surface area contributed by atoms with E-state index >= 15 is 0 Å². The van der Waals surface area contributed by atoms with Gasteiger partial charge in [0.25, 0.3) is 0 Å². The molecule has 1 saturated carbocycles. The van der Waals surface area contributed by atoms with Crippen LogP contribution in [0.2, 0.25) is 0 Å². The van der Waals surface area contributed by atoms with E-state index in [0.29, 0.717) is 6.42 Å². The van der Waals surface area contributed by atoms with Crippen LogP contribution in [0, 0.1) is 5.92 Å². The molecule has 1 aliphatic carbocycles. The maximum atomic E-state index is 12.4. The molecule has 1 unspecified atom stereocenters. The average molecular weight is 378 g/mol. The fourth-order valence-corrected chi connectivity index (χ4v) is 4.10. The van der Waals surface area contributed by atoms with Crippen LogP contribution >= 0.6 is 0 Å². The van der Waals surface area contributed by atoms with Crippen LogP contribution in [-0.2, 0) is 9.59 Å². The highest BCUT2D eigenvalue weighted by atomic mass is 16.2. The van der Waals surface area contributed by atoms with E-state index in [1.165, 1.54) is 0 Å². The summed E-state index contributed by atoms with van der Waals surface area (Å²) >= 11 is 0. The minimum Gasteiger partial charge on any atom is -0.326 e. The molecule has 1 aliphatic heterocycles. The molecule has 2 heterocycles. The summed E-state index contributed by atoms with van der Waals surface area (Å²) in [5.41, 5.74) is 3.43. The summed E-state index contributed by atoms with van der Waals surface area (Å²) in [5, 5.41) is 5.95. The zero-order valence-electron chi connectivity index (χ0n) is 16.4.